The van der Waals surface area contributed by atoms with Gasteiger partial charge in [-0.2, -0.15) is 0 Å². The normalized spacial score (nSPS) is 40.4. The lowest BCUT2D eigenvalue weighted by atomic mass is 9.77. The largest absolute Gasteiger partial charge is 0.379 e. The van der Waals surface area contributed by atoms with Gasteiger partial charge in [0, 0.05) is 26.7 Å². The fourth-order valence-corrected chi connectivity index (χ4v) is 3.47. The van der Waals surface area contributed by atoms with Gasteiger partial charge in [0.15, 0.2) is 0 Å². The van der Waals surface area contributed by atoms with Crippen LogP contribution in [0.2, 0.25) is 0 Å². The lowest BCUT2D eigenvalue weighted by Crippen LogP contribution is -2.66. The number of hydrogen-bond donors (Lipinski definition) is 1. The molecule has 1 aliphatic carbocycles. The second-order valence-electron chi connectivity index (χ2n) is 5.41. The molecule has 3 unspecified atom stereocenters. The molecule has 1 saturated heterocycles. The number of morpholine rings is 1. The SMILES string of the molecule is COC1CCCCC1(CN)N1CCOC(C)C1. The van der Waals surface area contributed by atoms with Gasteiger partial charge in [-0.05, 0) is 19.8 Å². The Bertz CT molecular complexity index is 250. The van der Waals surface area contributed by atoms with E-state index in [0.29, 0.717) is 12.6 Å². The van der Waals surface area contributed by atoms with Crippen molar-refractivity contribution < 1.29 is 9.47 Å². The van der Waals surface area contributed by atoms with Crippen molar-refractivity contribution in [1.29, 1.82) is 0 Å². The third kappa shape index (κ3) is 2.50. The number of nitrogens with zero attached hydrogens (tertiary/aromatic N) is 1. The van der Waals surface area contributed by atoms with Gasteiger partial charge in [0.05, 0.1) is 24.4 Å². The second-order valence-corrected chi connectivity index (χ2v) is 5.41. The van der Waals surface area contributed by atoms with E-state index in [1.165, 1.54) is 12.8 Å². The summed E-state index contributed by atoms with van der Waals surface area (Å²) in [4.78, 5) is 2.52. The van der Waals surface area contributed by atoms with E-state index in [1.54, 1.807) is 0 Å². The molecular formula is C13H26N2O2. The van der Waals surface area contributed by atoms with Gasteiger partial charge in [-0.1, -0.05) is 12.8 Å². The Balaban J connectivity index is 2.15. The molecule has 0 aromatic carbocycles. The van der Waals surface area contributed by atoms with Crippen molar-refractivity contribution >= 4 is 0 Å². The standard InChI is InChI=1S/C13H26N2O2/c1-11-9-15(7-8-17-11)13(10-14)6-4-3-5-12(13)16-2/h11-12H,3-10,14H2,1-2H3. The van der Waals surface area contributed by atoms with Crippen LogP contribution in [0, 0.1) is 0 Å². The number of rotatable bonds is 3. The molecule has 2 aliphatic rings. The summed E-state index contributed by atoms with van der Waals surface area (Å²) in [7, 11) is 1.82. The molecule has 2 fully saturated rings. The van der Waals surface area contributed by atoms with Crippen LogP contribution in [0.5, 0.6) is 0 Å². The van der Waals surface area contributed by atoms with Crippen molar-refractivity contribution in [2.45, 2.75) is 50.4 Å². The smallest absolute Gasteiger partial charge is 0.0767 e. The van der Waals surface area contributed by atoms with Gasteiger partial charge in [0.25, 0.3) is 0 Å². The Labute approximate surface area is 104 Å². The third-order valence-electron chi connectivity index (χ3n) is 4.43. The molecule has 1 heterocycles. The summed E-state index contributed by atoms with van der Waals surface area (Å²) in [5.74, 6) is 0. The average Bonchev–Trinajstić information content (AvgIpc) is 2.38. The molecule has 0 amide bonds. The molecule has 4 heteroatoms. The lowest BCUT2D eigenvalue weighted by Gasteiger charge is -2.52. The lowest BCUT2D eigenvalue weighted by molar-refractivity contribution is -0.122. The molecule has 0 spiro atoms. The zero-order valence-electron chi connectivity index (χ0n) is 11.2. The zero-order chi connectivity index (χ0) is 12.3. The zero-order valence-corrected chi connectivity index (χ0v) is 11.2. The van der Waals surface area contributed by atoms with Crippen molar-refractivity contribution in [2.75, 3.05) is 33.4 Å². The van der Waals surface area contributed by atoms with Crippen molar-refractivity contribution in [1.82, 2.24) is 4.90 Å². The van der Waals surface area contributed by atoms with Gasteiger partial charge >= 0.3 is 0 Å². The van der Waals surface area contributed by atoms with E-state index in [4.69, 9.17) is 15.2 Å². The van der Waals surface area contributed by atoms with Crippen molar-refractivity contribution in [3.63, 3.8) is 0 Å². The maximum absolute atomic E-state index is 6.12. The minimum Gasteiger partial charge on any atom is -0.379 e. The minimum absolute atomic E-state index is 0.0467. The highest BCUT2D eigenvalue weighted by Crippen LogP contribution is 2.36. The number of nitrogens with two attached hydrogens (primary N) is 1. The van der Waals surface area contributed by atoms with Crippen LogP contribution in [-0.4, -0.2) is 56.0 Å². The highest BCUT2D eigenvalue weighted by molar-refractivity contribution is 5.02. The molecule has 4 nitrogen and oxygen atoms in total. The summed E-state index contributed by atoms with van der Waals surface area (Å²) < 4.78 is 11.4. The summed E-state index contributed by atoms with van der Waals surface area (Å²) >= 11 is 0. The van der Waals surface area contributed by atoms with E-state index in [0.717, 1.165) is 32.5 Å². The van der Waals surface area contributed by atoms with E-state index in [2.05, 4.69) is 11.8 Å². The molecule has 0 radical (unpaired) electrons. The molecule has 1 saturated carbocycles. The average molecular weight is 242 g/mol. The van der Waals surface area contributed by atoms with Gasteiger partial charge in [0.2, 0.25) is 0 Å². The maximum Gasteiger partial charge on any atom is 0.0767 e. The minimum atomic E-state index is 0.0467. The molecule has 17 heavy (non-hydrogen) atoms. The molecule has 100 valence electrons. The van der Waals surface area contributed by atoms with Gasteiger partial charge in [-0.15, -0.1) is 0 Å². The van der Waals surface area contributed by atoms with E-state index < -0.39 is 0 Å². The molecule has 1 aliphatic heterocycles. The first-order valence-electron chi connectivity index (χ1n) is 6.82. The summed E-state index contributed by atoms with van der Waals surface area (Å²) in [6, 6.07) is 0. The van der Waals surface area contributed by atoms with E-state index >= 15 is 0 Å². The van der Waals surface area contributed by atoms with Crippen molar-refractivity contribution in [3.05, 3.63) is 0 Å². The highest BCUT2D eigenvalue weighted by Gasteiger charge is 2.45. The molecule has 3 atom stereocenters. The van der Waals surface area contributed by atoms with Crippen LogP contribution in [-0.2, 0) is 9.47 Å². The predicted octanol–water partition coefficient (Wildman–Crippen LogP) is 0.994. The highest BCUT2D eigenvalue weighted by atomic mass is 16.5. The van der Waals surface area contributed by atoms with Crippen LogP contribution in [0.25, 0.3) is 0 Å². The Hall–Kier alpha value is -0.160. The maximum atomic E-state index is 6.12. The van der Waals surface area contributed by atoms with Crippen LogP contribution >= 0.6 is 0 Å². The van der Waals surface area contributed by atoms with Crippen LogP contribution in [0.4, 0.5) is 0 Å². The Kier molecular flexibility index (Phi) is 4.42. The Morgan fingerprint density at radius 3 is 2.94 bits per heavy atom. The quantitative estimate of drug-likeness (QED) is 0.802. The van der Waals surface area contributed by atoms with Crippen molar-refractivity contribution in [2.24, 2.45) is 5.73 Å². The number of methoxy groups -OCH3 is 1. The van der Waals surface area contributed by atoms with Gasteiger partial charge in [-0.25, -0.2) is 0 Å². The van der Waals surface area contributed by atoms with E-state index in [1.807, 2.05) is 7.11 Å². The van der Waals surface area contributed by atoms with E-state index in [9.17, 15) is 0 Å². The van der Waals surface area contributed by atoms with Gasteiger partial charge in [-0.3, -0.25) is 4.90 Å². The molecule has 2 rings (SSSR count). The van der Waals surface area contributed by atoms with Crippen LogP contribution in [0.15, 0.2) is 0 Å². The Morgan fingerprint density at radius 1 is 1.47 bits per heavy atom. The summed E-state index contributed by atoms with van der Waals surface area (Å²) in [6.07, 6.45) is 5.43. The van der Waals surface area contributed by atoms with Crippen LogP contribution in [0.3, 0.4) is 0 Å². The number of hydrogen-bond acceptors (Lipinski definition) is 4. The monoisotopic (exact) mass is 242 g/mol. The molecular weight excluding hydrogens is 216 g/mol. The number of ether oxygens (including phenoxy) is 2. The summed E-state index contributed by atoms with van der Waals surface area (Å²) in [6.45, 7) is 5.62. The molecule has 0 aromatic rings. The summed E-state index contributed by atoms with van der Waals surface area (Å²) in [5.41, 5.74) is 6.16. The first-order valence-corrected chi connectivity index (χ1v) is 6.82. The van der Waals surface area contributed by atoms with Crippen LogP contribution in [0.1, 0.15) is 32.6 Å². The fraction of sp³-hybridized carbons (Fsp3) is 1.00. The molecule has 2 N–H and O–H groups in total. The Morgan fingerprint density at radius 2 is 2.29 bits per heavy atom. The van der Waals surface area contributed by atoms with E-state index in [-0.39, 0.29) is 11.6 Å². The first kappa shape index (κ1) is 13.3. The van der Waals surface area contributed by atoms with Gasteiger partial charge in [0.1, 0.15) is 0 Å². The summed E-state index contributed by atoms with van der Waals surface area (Å²) in [5, 5.41) is 0. The third-order valence-corrected chi connectivity index (χ3v) is 4.43. The van der Waals surface area contributed by atoms with Crippen LogP contribution < -0.4 is 5.73 Å². The van der Waals surface area contributed by atoms with Crippen molar-refractivity contribution in [3.8, 4) is 0 Å². The molecule has 0 bridgehead atoms. The molecule has 0 aromatic heterocycles. The predicted molar refractivity (Wildman–Crippen MR) is 68.0 cm³/mol. The first-order chi connectivity index (χ1) is 8.23. The fourth-order valence-electron chi connectivity index (χ4n) is 3.47. The topological polar surface area (TPSA) is 47.7 Å². The van der Waals surface area contributed by atoms with Gasteiger partial charge < -0.3 is 15.2 Å². The second kappa shape index (κ2) is 5.65.